The summed E-state index contributed by atoms with van der Waals surface area (Å²) in [5.41, 5.74) is 0.744. The Balaban J connectivity index is 1.68. The van der Waals surface area contributed by atoms with Crippen LogP contribution in [-0.2, 0) is 9.47 Å². The van der Waals surface area contributed by atoms with E-state index in [9.17, 15) is 4.79 Å². The Kier molecular flexibility index (Phi) is 4.88. The zero-order valence-corrected chi connectivity index (χ0v) is 12.4. The van der Waals surface area contributed by atoms with Crippen molar-refractivity contribution in [1.82, 2.24) is 4.90 Å². The monoisotopic (exact) mass is 289 g/mol. The molecule has 114 valence electrons. The predicted molar refractivity (Wildman–Crippen MR) is 80.3 cm³/mol. The normalized spacial score (nSPS) is 25.1. The molecule has 4 heteroatoms. The lowest BCUT2D eigenvalue weighted by atomic mass is 10.1. The maximum absolute atomic E-state index is 12.7. The molecule has 0 saturated carbocycles. The van der Waals surface area contributed by atoms with Gasteiger partial charge in [-0.1, -0.05) is 18.2 Å². The van der Waals surface area contributed by atoms with E-state index in [1.165, 1.54) is 0 Å². The number of hydrogen-bond acceptors (Lipinski definition) is 3. The Morgan fingerprint density at radius 2 is 1.57 bits per heavy atom. The van der Waals surface area contributed by atoms with Gasteiger partial charge in [0.25, 0.3) is 5.91 Å². The summed E-state index contributed by atoms with van der Waals surface area (Å²) >= 11 is 0. The summed E-state index contributed by atoms with van der Waals surface area (Å²) in [7, 11) is 0. The fourth-order valence-corrected chi connectivity index (χ4v) is 3.07. The first-order valence-electron chi connectivity index (χ1n) is 7.90. The van der Waals surface area contributed by atoms with Gasteiger partial charge in [-0.25, -0.2) is 0 Å². The Hall–Kier alpha value is -1.39. The van der Waals surface area contributed by atoms with E-state index >= 15 is 0 Å². The van der Waals surface area contributed by atoms with Crippen LogP contribution in [-0.4, -0.2) is 49.3 Å². The van der Waals surface area contributed by atoms with Crippen LogP contribution < -0.4 is 0 Å². The van der Waals surface area contributed by atoms with Gasteiger partial charge in [0, 0.05) is 31.9 Å². The van der Waals surface area contributed by atoms with Crippen molar-refractivity contribution in [1.29, 1.82) is 0 Å². The van der Waals surface area contributed by atoms with Crippen molar-refractivity contribution in [2.75, 3.05) is 26.3 Å². The molecule has 2 aliphatic rings. The molecule has 21 heavy (non-hydrogen) atoms. The van der Waals surface area contributed by atoms with Crippen LogP contribution in [0.5, 0.6) is 0 Å². The largest absolute Gasteiger partial charge is 0.376 e. The highest BCUT2D eigenvalue weighted by Crippen LogP contribution is 2.19. The lowest BCUT2D eigenvalue weighted by Crippen LogP contribution is -2.41. The van der Waals surface area contributed by atoms with E-state index in [2.05, 4.69) is 0 Å². The molecular formula is C17H23NO3. The summed E-state index contributed by atoms with van der Waals surface area (Å²) in [4.78, 5) is 14.7. The molecule has 0 unspecified atom stereocenters. The summed E-state index contributed by atoms with van der Waals surface area (Å²) in [6.07, 6.45) is 4.64. The molecule has 1 amide bonds. The van der Waals surface area contributed by atoms with Crippen LogP contribution in [0, 0.1) is 0 Å². The van der Waals surface area contributed by atoms with Gasteiger partial charge < -0.3 is 14.4 Å². The molecular weight excluding hydrogens is 266 g/mol. The summed E-state index contributed by atoms with van der Waals surface area (Å²) in [5.74, 6) is 0.0848. The molecule has 0 aliphatic carbocycles. The van der Waals surface area contributed by atoms with E-state index in [-0.39, 0.29) is 18.1 Å². The second-order valence-corrected chi connectivity index (χ2v) is 5.85. The van der Waals surface area contributed by atoms with E-state index in [1.54, 1.807) is 0 Å². The molecule has 3 rings (SSSR count). The van der Waals surface area contributed by atoms with Crippen LogP contribution >= 0.6 is 0 Å². The molecule has 2 saturated heterocycles. The van der Waals surface area contributed by atoms with Crippen LogP contribution in [0.3, 0.4) is 0 Å². The summed E-state index contributed by atoms with van der Waals surface area (Å²) in [6, 6.07) is 9.50. The molecule has 0 bridgehead atoms. The highest BCUT2D eigenvalue weighted by atomic mass is 16.5. The van der Waals surface area contributed by atoms with E-state index in [1.807, 2.05) is 35.2 Å². The third-order valence-electron chi connectivity index (χ3n) is 4.20. The maximum Gasteiger partial charge on any atom is 0.254 e. The van der Waals surface area contributed by atoms with Gasteiger partial charge in [-0.15, -0.1) is 0 Å². The molecule has 2 aliphatic heterocycles. The van der Waals surface area contributed by atoms with Gasteiger partial charge in [-0.05, 0) is 37.8 Å². The summed E-state index contributed by atoms with van der Waals surface area (Å²) in [6.45, 7) is 2.98. The molecule has 2 atom stereocenters. The minimum Gasteiger partial charge on any atom is -0.376 e. The van der Waals surface area contributed by atoms with Crippen molar-refractivity contribution >= 4 is 5.91 Å². The van der Waals surface area contributed by atoms with Crippen molar-refractivity contribution in [3.8, 4) is 0 Å². The fourth-order valence-electron chi connectivity index (χ4n) is 3.07. The number of rotatable bonds is 5. The second kappa shape index (κ2) is 7.05. The predicted octanol–water partition coefficient (Wildman–Crippen LogP) is 2.49. The Morgan fingerprint density at radius 1 is 1.00 bits per heavy atom. The molecule has 0 N–H and O–H groups in total. The number of carbonyl (C=O) groups excluding carboxylic acids is 1. The van der Waals surface area contributed by atoms with E-state index in [0.717, 1.165) is 44.5 Å². The van der Waals surface area contributed by atoms with Crippen molar-refractivity contribution < 1.29 is 14.3 Å². The number of carbonyl (C=O) groups is 1. The minimum atomic E-state index is 0.0848. The molecule has 0 radical (unpaired) electrons. The van der Waals surface area contributed by atoms with Crippen LogP contribution in [0.15, 0.2) is 30.3 Å². The van der Waals surface area contributed by atoms with E-state index in [0.29, 0.717) is 13.1 Å². The molecule has 1 aromatic rings. The fraction of sp³-hybridized carbons (Fsp3) is 0.588. The standard InChI is InChI=1S/C17H23NO3/c19-17(14-6-2-1-3-7-14)18(12-15-8-4-10-20-15)13-16-9-5-11-21-16/h1-3,6-7,15-16H,4-5,8-13H2/t15-,16-/m1/s1. The Labute approximate surface area is 126 Å². The summed E-state index contributed by atoms with van der Waals surface area (Å²) < 4.78 is 11.4. The Morgan fingerprint density at radius 3 is 2.05 bits per heavy atom. The van der Waals surface area contributed by atoms with Gasteiger partial charge >= 0.3 is 0 Å². The number of hydrogen-bond donors (Lipinski definition) is 0. The quantitative estimate of drug-likeness (QED) is 0.836. The van der Waals surface area contributed by atoms with Crippen molar-refractivity contribution in [3.05, 3.63) is 35.9 Å². The first kappa shape index (κ1) is 14.5. The van der Waals surface area contributed by atoms with Crippen molar-refractivity contribution in [3.63, 3.8) is 0 Å². The van der Waals surface area contributed by atoms with E-state index < -0.39 is 0 Å². The SMILES string of the molecule is O=C(c1ccccc1)N(C[C@H]1CCCO1)C[C@H]1CCCO1. The van der Waals surface area contributed by atoms with Crippen molar-refractivity contribution in [2.45, 2.75) is 37.9 Å². The number of benzene rings is 1. The topological polar surface area (TPSA) is 38.8 Å². The van der Waals surface area contributed by atoms with Gasteiger partial charge in [0.05, 0.1) is 12.2 Å². The van der Waals surface area contributed by atoms with Crippen molar-refractivity contribution in [2.24, 2.45) is 0 Å². The molecule has 1 aromatic carbocycles. The zero-order chi connectivity index (χ0) is 14.5. The van der Waals surface area contributed by atoms with E-state index in [4.69, 9.17) is 9.47 Å². The number of ether oxygens (including phenoxy) is 2. The van der Waals surface area contributed by atoms with Gasteiger partial charge in [0.15, 0.2) is 0 Å². The minimum absolute atomic E-state index is 0.0848. The zero-order valence-electron chi connectivity index (χ0n) is 12.4. The lowest BCUT2D eigenvalue weighted by Gasteiger charge is -2.28. The highest BCUT2D eigenvalue weighted by Gasteiger charge is 2.27. The van der Waals surface area contributed by atoms with Crippen LogP contribution in [0.25, 0.3) is 0 Å². The Bertz CT molecular complexity index is 432. The third-order valence-corrected chi connectivity index (χ3v) is 4.20. The van der Waals surface area contributed by atoms with Gasteiger partial charge in [0.2, 0.25) is 0 Å². The summed E-state index contributed by atoms with van der Waals surface area (Å²) in [5, 5.41) is 0. The van der Waals surface area contributed by atoms with Gasteiger partial charge in [-0.3, -0.25) is 4.79 Å². The average Bonchev–Trinajstić information content (AvgIpc) is 3.20. The third kappa shape index (κ3) is 3.83. The smallest absolute Gasteiger partial charge is 0.254 e. The molecule has 0 aromatic heterocycles. The lowest BCUT2D eigenvalue weighted by molar-refractivity contribution is 0.0307. The molecule has 2 fully saturated rings. The van der Waals surface area contributed by atoms with Crippen LogP contribution in [0.1, 0.15) is 36.0 Å². The van der Waals surface area contributed by atoms with Gasteiger partial charge in [-0.2, -0.15) is 0 Å². The van der Waals surface area contributed by atoms with Crippen LogP contribution in [0.4, 0.5) is 0 Å². The molecule has 2 heterocycles. The second-order valence-electron chi connectivity index (χ2n) is 5.85. The first-order chi connectivity index (χ1) is 10.3. The molecule has 0 spiro atoms. The molecule has 4 nitrogen and oxygen atoms in total. The maximum atomic E-state index is 12.7. The highest BCUT2D eigenvalue weighted by molar-refractivity contribution is 5.94. The van der Waals surface area contributed by atoms with Gasteiger partial charge in [0.1, 0.15) is 0 Å². The first-order valence-corrected chi connectivity index (χ1v) is 7.90. The van der Waals surface area contributed by atoms with Crippen LogP contribution in [0.2, 0.25) is 0 Å². The number of amides is 1. The average molecular weight is 289 g/mol. The number of nitrogens with zero attached hydrogens (tertiary/aromatic N) is 1.